The predicted octanol–water partition coefficient (Wildman–Crippen LogP) is 5.66. The second-order valence-corrected chi connectivity index (χ2v) is 10.2. The second-order valence-electron chi connectivity index (χ2n) is 10.2. The highest BCUT2D eigenvalue weighted by Gasteiger charge is 2.33. The number of fused-ring (bicyclic) bond motifs is 1. The Hall–Kier alpha value is -3.25. The molecule has 1 fully saturated rings. The Bertz CT molecular complexity index is 1330. The van der Waals surface area contributed by atoms with Gasteiger partial charge in [0.15, 0.2) is 11.5 Å². The van der Waals surface area contributed by atoms with E-state index in [1.165, 1.54) is 23.3 Å². The van der Waals surface area contributed by atoms with Crippen LogP contribution < -0.4 is 4.90 Å². The lowest BCUT2D eigenvalue weighted by molar-refractivity contribution is 0.253. The van der Waals surface area contributed by atoms with Crippen LogP contribution in [0.25, 0.3) is 16.9 Å². The third kappa shape index (κ3) is 4.55. The number of nitrogens with zero attached hydrogens (tertiary/aromatic N) is 5. The minimum atomic E-state index is -0.241. The first-order valence-electron chi connectivity index (χ1n) is 12.4. The van der Waals surface area contributed by atoms with Crippen LogP contribution in [-0.4, -0.2) is 46.2 Å². The standard InChI is InChI=1S/C29H34FN5/c1-19-15-34(18-25(19)17-33(5)16-23-9-7-6-8-10-23)29-21(3)20(2)28-31-27(22(4)35(28)32-29)24-11-13-26(30)14-12-24/h6-14,19,25H,15-18H2,1-5H3. The molecule has 0 N–H and O–H groups in total. The Labute approximate surface area is 207 Å². The second kappa shape index (κ2) is 9.42. The fourth-order valence-corrected chi connectivity index (χ4v) is 5.35. The number of halogens is 1. The lowest BCUT2D eigenvalue weighted by Gasteiger charge is -2.24. The Morgan fingerprint density at radius 3 is 2.40 bits per heavy atom. The van der Waals surface area contributed by atoms with Crippen LogP contribution in [-0.2, 0) is 6.54 Å². The molecule has 1 saturated heterocycles. The van der Waals surface area contributed by atoms with Gasteiger partial charge in [-0.3, -0.25) is 0 Å². The normalized spacial score (nSPS) is 18.2. The molecule has 2 atom stereocenters. The van der Waals surface area contributed by atoms with E-state index in [1.54, 1.807) is 12.1 Å². The van der Waals surface area contributed by atoms with Crippen molar-refractivity contribution in [2.45, 2.75) is 34.2 Å². The molecule has 35 heavy (non-hydrogen) atoms. The fourth-order valence-electron chi connectivity index (χ4n) is 5.35. The summed E-state index contributed by atoms with van der Waals surface area (Å²) in [6.07, 6.45) is 0. The summed E-state index contributed by atoms with van der Waals surface area (Å²) in [4.78, 5) is 9.79. The molecule has 0 amide bonds. The molecule has 1 aliphatic rings. The first kappa shape index (κ1) is 23.5. The molecule has 1 aliphatic heterocycles. The average molecular weight is 472 g/mol. The Morgan fingerprint density at radius 2 is 1.69 bits per heavy atom. The number of benzene rings is 2. The van der Waals surface area contributed by atoms with Crippen LogP contribution in [0.2, 0.25) is 0 Å². The van der Waals surface area contributed by atoms with Gasteiger partial charge in [-0.2, -0.15) is 0 Å². The van der Waals surface area contributed by atoms with Crippen molar-refractivity contribution >= 4 is 11.5 Å². The summed E-state index contributed by atoms with van der Waals surface area (Å²) in [6.45, 7) is 12.7. The van der Waals surface area contributed by atoms with Gasteiger partial charge in [-0.1, -0.05) is 37.3 Å². The molecule has 2 aromatic heterocycles. The van der Waals surface area contributed by atoms with E-state index < -0.39 is 0 Å². The smallest absolute Gasteiger partial charge is 0.157 e. The first-order chi connectivity index (χ1) is 16.8. The van der Waals surface area contributed by atoms with E-state index >= 15 is 0 Å². The molecule has 5 nitrogen and oxygen atoms in total. The van der Waals surface area contributed by atoms with E-state index in [2.05, 4.69) is 68.0 Å². The molecule has 0 radical (unpaired) electrons. The molecule has 2 unspecified atom stereocenters. The summed E-state index contributed by atoms with van der Waals surface area (Å²) >= 11 is 0. The van der Waals surface area contributed by atoms with Gasteiger partial charge >= 0.3 is 0 Å². The van der Waals surface area contributed by atoms with Crippen molar-refractivity contribution in [3.05, 3.63) is 82.8 Å². The van der Waals surface area contributed by atoms with Crippen molar-refractivity contribution in [3.63, 3.8) is 0 Å². The summed E-state index contributed by atoms with van der Waals surface area (Å²) in [6, 6.07) is 17.2. The summed E-state index contributed by atoms with van der Waals surface area (Å²) < 4.78 is 15.4. The highest BCUT2D eigenvalue weighted by molar-refractivity contribution is 5.69. The van der Waals surface area contributed by atoms with Crippen molar-refractivity contribution in [3.8, 4) is 11.3 Å². The summed E-state index contributed by atoms with van der Waals surface area (Å²) in [5.41, 5.74) is 7.28. The quantitative estimate of drug-likeness (QED) is 0.363. The Balaban J connectivity index is 1.40. The van der Waals surface area contributed by atoms with Gasteiger partial charge < -0.3 is 9.80 Å². The van der Waals surface area contributed by atoms with Crippen molar-refractivity contribution in [1.29, 1.82) is 0 Å². The number of hydrogen-bond donors (Lipinski definition) is 0. The van der Waals surface area contributed by atoms with Crippen LogP contribution in [0, 0.1) is 38.4 Å². The van der Waals surface area contributed by atoms with E-state index in [0.717, 1.165) is 60.2 Å². The molecule has 0 bridgehead atoms. The van der Waals surface area contributed by atoms with E-state index in [9.17, 15) is 4.39 Å². The maximum absolute atomic E-state index is 13.5. The number of anilines is 1. The number of hydrogen-bond acceptors (Lipinski definition) is 4. The summed E-state index contributed by atoms with van der Waals surface area (Å²) in [5, 5.41) is 5.09. The largest absolute Gasteiger partial charge is 0.354 e. The lowest BCUT2D eigenvalue weighted by Crippen LogP contribution is -2.30. The van der Waals surface area contributed by atoms with E-state index in [0.29, 0.717) is 11.8 Å². The van der Waals surface area contributed by atoms with Crippen LogP contribution in [0.4, 0.5) is 10.2 Å². The topological polar surface area (TPSA) is 36.7 Å². The zero-order valence-corrected chi connectivity index (χ0v) is 21.3. The highest BCUT2D eigenvalue weighted by atomic mass is 19.1. The molecular formula is C29H34FN5. The number of aryl methyl sites for hydroxylation is 2. The van der Waals surface area contributed by atoms with E-state index in [1.807, 2.05) is 11.4 Å². The minimum absolute atomic E-state index is 0.241. The van der Waals surface area contributed by atoms with Crippen LogP contribution in [0.15, 0.2) is 54.6 Å². The molecule has 0 aliphatic carbocycles. The van der Waals surface area contributed by atoms with Crippen LogP contribution in [0.5, 0.6) is 0 Å². The molecule has 6 heteroatoms. The zero-order valence-electron chi connectivity index (χ0n) is 21.3. The average Bonchev–Trinajstić information content (AvgIpc) is 3.37. The predicted molar refractivity (Wildman–Crippen MR) is 140 cm³/mol. The van der Waals surface area contributed by atoms with Gasteiger partial charge in [-0.15, -0.1) is 5.10 Å². The van der Waals surface area contributed by atoms with Gasteiger partial charge in [0.25, 0.3) is 0 Å². The minimum Gasteiger partial charge on any atom is -0.354 e. The van der Waals surface area contributed by atoms with Gasteiger partial charge in [0.2, 0.25) is 0 Å². The van der Waals surface area contributed by atoms with Gasteiger partial charge in [-0.05, 0) is 69.5 Å². The van der Waals surface area contributed by atoms with E-state index in [-0.39, 0.29) is 5.82 Å². The maximum atomic E-state index is 13.5. The fraction of sp³-hybridized carbons (Fsp3) is 0.379. The van der Waals surface area contributed by atoms with E-state index in [4.69, 9.17) is 10.1 Å². The van der Waals surface area contributed by atoms with Crippen molar-refractivity contribution in [2.75, 3.05) is 31.6 Å². The molecule has 5 rings (SSSR count). The first-order valence-corrected chi connectivity index (χ1v) is 12.4. The Morgan fingerprint density at radius 1 is 0.971 bits per heavy atom. The molecule has 0 spiro atoms. The molecule has 182 valence electrons. The number of imidazole rings is 1. The summed E-state index contributed by atoms with van der Waals surface area (Å²) in [7, 11) is 2.22. The van der Waals surface area contributed by atoms with Crippen LogP contribution in [0.1, 0.15) is 29.3 Å². The molecule has 0 saturated carbocycles. The van der Waals surface area contributed by atoms with Gasteiger partial charge in [-0.25, -0.2) is 13.9 Å². The molecule has 3 heterocycles. The lowest BCUT2D eigenvalue weighted by atomic mass is 9.97. The third-order valence-electron chi connectivity index (χ3n) is 7.53. The molecule has 4 aromatic rings. The SMILES string of the molecule is Cc1c(N2CC(C)C(CN(C)Cc3ccccc3)C2)nn2c(C)c(-c3ccc(F)cc3)nc2c1C. The monoisotopic (exact) mass is 471 g/mol. The Kier molecular flexibility index (Phi) is 6.32. The number of aromatic nitrogens is 3. The van der Waals surface area contributed by atoms with Crippen molar-refractivity contribution in [2.24, 2.45) is 11.8 Å². The van der Waals surface area contributed by atoms with Gasteiger partial charge in [0, 0.05) is 42.9 Å². The maximum Gasteiger partial charge on any atom is 0.157 e. The summed E-state index contributed by atoms with van der Waals surface area (Å²) in [5.74, 6) is 1.97. The van der Waals surface area contributed by atoms with Crippen LogP contribution >= 0.6 is 0 Å². The highest BCUT2D eigenvalue weighted by Crippen LogP contribution is 2.33. The van der Waals surface area contributed by atoms with Crippen LogP contribution in [0.3, 0.4) is 0 Å². The van der Waals surface area contributed by atoms with Crippen molar-refractivity contribution in [1.82, 2.24) is 19.5 Å². The zero-order chi connectivity index (χ0) is 24.7. The molecular weight excluding hydrogens is 437 g/mol. The van der Waals surface area contributed by atoms with Gasteiger partial charge in [0.05, 0.1) is 11.4 Å². The number of rotatable bonds is 6. The molecule has 2 aromatic carbocycles. The van der Waals surface area contributed by atoms with Gasteiger partial charge in [0.1, 0.15) is 5.82 Å². The third-order valence-corrected chi connectivity index (χ3v) is 7.53. The van der Waals surface area contributed by atoms with Crippen molar-refractivity contribution < 1.29 is 4.39 Å².